The van der Waals surface area contributed by atoms with Gasteiger partial charge in [-0.15, -0.1) is 0 Å². The van der Waals surface area contributed by atoms with E-state index in [1.807, 2.05) is 0 Å². The first-order chi connectivity index (χ1) is 31.0. The van der Waals surface area contributed by atoms with Gasteiger partial charge in [-0.3, -0.25) is 4.57 Å². The lowest BCUT2D eigenvalue weighted by molar-refractivity contribution is 0.657. The van der Waals surface area contributed by atoms with Crippen molar-refractivity contribution in [1.82, 2.24) is 19.1 Å². The molecule has 294 valence electrons. The first-order valence-corrected chi connectivity index (χ1v) is 21.8. The predicted octanol–water partition coefficient (Wildman–Crippen LogP) is 15.3. The van der Waals surface area contributed by atoms with Gasteiger partial charge in [-0.2, -0.15) is 0 Å². The Balaban J connectivity index is 1.14. The summed E-state index contributed by atoms with van der Waals surface area (Å²) in [6.45, 7) is 4.66. The molecule has 4 nitrogen and oxygen atoms in total. The van der Waals surface area contributed by atoms with Crippen molar-refractivity contribution in [3.8, 4) is 34.2 Å². The third-order valence-electron chi connectivity index (χ3n) is 14.0. The molecule has 14 rings (SSSR count). The number of hydrogen-bond acceptors (Lipinski definition) is 2. The van der Waals surface area contributed by atoms with E-state index in [1.165, 1.54) is 75.7 Å². The molecule has 63 heavy (non-hydrogen) atoms. The molecule has 0 saturated heterocycles. The molecule has 1 aliphatic rings. The first-order valence-electron chi connectivity index (χ1n) is 21.8. The van der Waals surface area contributed by atoms with Crippen LogP contribution in [-0.2, 0) is 5.41 Å². The largest absolute Gasteiger partial charge is 0.309 e. The minimum Gasteiger partial charge on any atom is -0.309 e. The van der Waals surface area contributed by atoms with E-state index in [9.17, 15) is 0 Å². The van der Waals surface area contributed by atoms with Crippen LogP contribution < -0.4 is 0 Å². The van der Waals surface area contributed by atoms with Crippen LogP contribution in [0.1, 0.15) is 25.0 Å². The number of benzene rings is 10. The average Bonchev–Trinajstić information content (AvgIpc) is 3.93. The molecule has 0 radical (unpaired) electrons. The highest BCUT2D eigenvalue weighted by atomic mass is 15.2. The SMILES string of the molecule is CC1(C)c2ccccc2-c2nc(-n3c4cc5ccccc5cc4c4c5c6ccccc6c6ccccc6c5ccc43)nc(-c3ccc4c5ccccc5n(-c5ccccc5)c4c3)c21. The van der Waals surface area contributed by atoms with Gasteiger partial charge in [0, 0.05) is 54.7 Å². The molecular weight excluding hydrogens is 765 g/mol. The Morgan fingerprint density at radius 2 is 0.952 bits per heavy atom. The number of hydrogen-bond donors (Lipinski definition) is 0. The molecule has 0 amide bonds. The number of fused-ring (bicyclic) bond motifs is 17. The third-order valence-corrected chi connectivity index (χ3v) is 14.0. The lowest BCUT2D eigenvalue weighted by Crippen LogP contribution is -2.18. The van der Waals surface area contributed by atoms with E-state index >= 15 is 0 Å². The van der Waals surface area contributed by atoms with E-state index in [0.29, 0.717) is 5.95 Å². The summed E-state index contributed by atoms with van der Waals surface area (Å²) in [5.41, 5.74) is 11.9. The summed E-state index contributed by atoms with van der Waals surface area (Å²) in [6, 6.07) is 71.0. The highest BCUT2D eigenvalue weighted by molar-refractivity contribution is 6.35. The van der Waals surface area contributed by atoms with Crippen molar-refractivity contribution in [3.05, 3.63) is 205 Å². The molecule has 0 N–H and O–H groups in total. The van der Waals surface area contributed by atoms with Crippen molar-refractivity contribution in [2.75, 3.05) is 0 Å². The molecule has 0 atom stereocenters. The zero-order chi connectivity index (χ0) is 41.6. The molecule has 0 aliphatic heterocycles. The normalized spacial score (nSPS) is 13.4. The molecule has 3 aromatic heterocycles. The van der Waals surface area contributed by atoms with Gasteiger partial charge in [0.1, 0.15) is 0 Å². The molecule has 0 spiro atoms. The van der Waals surface area contributed by atoms with E-state index in [-0.39, 0.29) is 5.41 Å². The van der Waals surface area contributed by atoms with Gasteiger partial charge in [-0.1, -0.05) is 166 Å². The second-order valence-electron chi connectivity index (χ2n) is 17.7. The highest BCUT2D eigenvalue weighted by Crippen LogP contribution is 2.52. The van der Waals surface area contributed by atoms with Crippen LogP contribution in [0.25, 0.3) is 121 Å². The lowest BCUT2D eigenvalue weighted by atomic mass is 9.81. The fourth-order valence-electron chi connectivity index (χ4n) is 11.3. The standard InChI is InChI=1S/C59H38N4/c1-59(2)48-26-14-12-25-46(48)57-55(59)56(37-28-29-43-42-23-13-15-27-49(42)62(51(43)34-37)38-18-4-3-5-19-38)60-58(61-57)63-50-31-30-45-41-22-9-8-20-39(41)40-21-10-11-24-44(40)53(45)54(50)47-32-35-16-6-7-17-36(35)33-52(47)63/h3-34H,1-2H3. The van der Waals surface area contributed by atoms with Crippen LogP contribution >= 0.6 is 0 Å². The number of aromatic nitrogens is 4. The Hall–Kier alpha value is -8.08. The van der Waals surface area contributed by atoms with Gasteiger partial charge in [0.2, 0.25) is 5.95 Å². The van der Waals surface area contributed by atoms with Gasteiger partial charge < -0.3 is 4.57 Å². The molecule has 13 aromatic rings. The van der Waals surface area contributed by atoms with E-state index in [0.717, 1.165) is 50.3 Å². The van der Waals surface area contributed by atoms with Gasteiger partial charge in [0.15, 0.2) is 0 Å². The van der Waals surface area contributed by atoms with Crippen LogP contribution in [0, 0.1) is 0 Å². The summed E-state index contributed by atoms with van der Waals surface area (Å²) >= 11 is 0. The topological polar surface area (TPSA) is 35.6 Å². The molecule has 0 bridgehead atoms. The van der Waals surface area contributed by atoms with Crippen molar-refractivity contribution in [2.45, 2.75) is 19.3 Å². The Kier molecular flexibility index (Phi) is 6.87. The molecule has 0 fully saturated rings. The molecular formula is C59H38N4. The zero-order valence-electron chi connectivity index (χ0n) is 34.8. The second kappa shape index (κ2) is 12.5. The van der Waals surface area contributed by atoms with Crippen LogP contribution in [-0.4, -0.2) is 19.1 Å². The minimum atomic E-state index is -0.339. The molecule has 0 saturated carbocycles. The maximum Gasteiger partial charge on any atom is 0.235 e. The first kappa shape index (κ1) is 34.6. The molecule has 4 heteroatoms. The van der Waals surface area contributed by atoms with Crippen LogP contribution in [0.4, 0.5) is 0 Å². The van der Waals surface area contributed by atoms with Crippen LogP contribution in [0.2, 0.25) is 0 Å². The van der Waals surface area contributed by atoms with E-state index in [2.05, 4.69) is 217 Å². The van der Waals surface area contributed by atoms with Crippen LogP contribution in [0.15, 0.2) is 194 Å². The summed E-state index contributed by atoms with van der Waals surface area (Å²) in [5, 5.41) is 14.8. The Bertz CT molecular complexity index is 4080. The van der Waals surface area contributed by atoms with Gasteiger partial charge in [-0.05, 0) is 85.7 Å². The third kappa shape index (κ3) is 4.64. The Morgan fingerprint density at radius 3 is 1.75 bits per heavy atom. The van der Waals surface area contributed by atoms with Crippen molar-refractivity contribution < 1.29 is 0 Å². The zero-order valence-corrected chi connectivity index (χ0v) is 34.8. The van der Waals surface area contributed by atoms with Gasteiger partial charge in [-0.25, -0.2) is 9.97 Å². The fraction of sp³-hybridized carbons (Fsp3) is 0.0508. The maximum atomic E-state index is 5.81. The van der Waals surface area contributed by atoms with Gasteiger partial charge in [0.25, 0.3) is 0 Å². The van der Waals surface area contributed by atoms with Gasteiger partial charge in [0.05, 0.1) is 33.5 Å². The number of para-hydroxylation sites is 2. The van der Waals surface area contributed by atoms with Crippen LogP contribution in [0.3, 0.4) is 0 Å². The van der Waals surface area contributed by atoms with Crippen molar-refractivity contribution in [3.63, 3.8) is 0 Å². The van der Waals surface area contributed by atoms with Gasteiger partial charge >= 0.3 is 0 Å². The van der Waals surface area contributed by atoms with Crippen LogP contribution in [0.5, 0.6) is 0 Å². The lowest BCUT2D eigenvalue weighted by Gasteiger charge is -2.24. The monoisotopic (exact) mass is 802 g/mol. The molecule has 0 unspecified atom stereocenters. The molecule has 10 aromatic carbocycles. The highest BCUT2D eigenvalue weighted by Gasteiger charge is 2.40. The van der Waals surface area contributed by atoms with E-state index < -0.39 is 0 Å². The fourth-order valence-corrected chi connectivity index (χ4v) is 11.3. The second-order valence-corrected chi connectivity index (χ2v) is 17.7. The average molecular weight is 803 g/mol. The Labute approximate surface area is 362 Å². The summed E-state index contributed by atoms with van der Waals surface area (Å²) in [7, 11) is 0. The Morgan fingerprint density at radius 1 is 0.381 bits per heavy atom. The maximum absolute atomic E-state index is 5.81. The molecule has 1 aliphatic carbocycles. The smallest absolute Gasteiger partial charge is 0.235 e. The van der Waals surface area contributed by atoms with Crippen molar-refractivity contribution in [1.29, 1.82) is 0 Å². The summed E-state index contributed by atoms with van der Waals surface area (Å²) in [6.07, 6.45) is 0. The number of rotatable bonds is 3. The van der Waals surface area contributed by atoms with Crippen molar-refractivity contribution >= 4 is 86.7 Å². The quantitative estimate of drug-likeness (QED) is 0.167. The van der Waals surface area contributed by atoms with Crippen molar-refractivity contribution in [2.24, 2.45) is 0 Å². The predicted molar refractivity (Wildman–Crippen MR) is 264 cm³/mol. The summed E-state index contributed by atoms with van der Waals surface area (Å²) in [4.78, 5) is 11.5. The van der Waals surface area contributed by atoms with E-state index in [1.54, 1.807) is 0 Å². The summed E-state index contributed by atoms with van der Waals surface area (Å²) in [5.74, 6) is 0.666. The molecule has 3 heterocycles. The summed E-state index contributed by atoms with van der Waals surface area (Å²) < 4.78 is 4.74. The minimum absolute atomic E-state index is 0.339. The van der Waals surface area contributed by atoms with E-state index in [4.69, 9.17) is 9.97 Å². The number of nitrogens with zero attached hydrogens (tertiary/aromatic N) is 4.